The maximum atomic E-state index is 14.5. The van der Waals surface area contributed by atoms with Crippen molar-refractivity contribution >= 4 is 34.5 Å². The Bertz CT molecular complexity index is 1360. The fourth-order valence-corrected chi connectivity index (χ4v) is 4.25. The second-order valence-corrected chi connectivity index (χ2v) is 8.74. The number of carbonyl (C=O) groups excluding carboxylic acids is 1. The number of rotatable bonds is 5. The van der Waals surface area contributed by atoms with Gasteiger partial charge in [-0.1, -0.05) is 11.6 Å². The first-order valence-corrected chi connectivity index (χ1v) is 11.5. The number of benzene rings is 1. The van der Waals surface area contributed by atoms with Crippen LogP contribution < -0.4 is 10.1 Å². The van der Waals surface area contributed by atoms with E-state index in [-0.39, 0.29) is 17.5 Å². The average molecular weight is 499 g/mol. The van der Waals surface area contributed by atoms with Gasteiger partial charge >= 0.3 is 6.09 Å². The van der Waals surface area contributed by atoms with Gasteiger partial charge in [0.25, 0.3) is 0 Å². The Hall–Kier alpha value is -3.79. The van der Waals surface area contributed by atoms with Crippen molar-refractivity contribution in [1.29, 1.82) is 0 Å². The quantitative estimate of drug-likeness (QED) is 0.389. The van der Waals surface area contributed by atoms with Crippen LogP contribution in [0.2, 0.25) is 5.02 Å². The van der Waals surface area contributed by atoms with E-state index in [4.69, 9.17) is 16.3 Å². The number of pyridine rings is 1. The zero-order chi connectivity index (χ0) is 24.4. The van der Waals surface area contributed by atoms with E-state index < -0.39 is 17.7 Å². The Balaban J connectivity index is 1.24. The summed E-state index contributed by atoms with van der Waals surface area (Å²) in [5.74, 6) is -0.227. The van der Waals surface area contributed by atoms with Crippen molar-refractivity contribution in [2.75, 3.05) is 25.0 Å². The molecule has 1 aliphatic heterocycles. The van der Waals surface area contributed by atoms with E-state index in [2.05, 4.69) is 25.3 Å². The molecule has 0 aliphatic carbocycles. The molecule has 0 radical (unpaired) electrons. The van der Waals surface area contributed by atoms with Crippen molar-refractivity contribution in [2.45, 2.75) is 12.8 Å². The molecule has 3 aromatic heterocycles. The van der Waals surface area contributed by atoms with Crippen LogP contribution in [0.25, 0.3) is 22.4 Å². The predicted molar refractivity (Wildman–Crippen MR) is 127 cm³/mol. The highest BCUT2D eigenvalue weighted by Crippen LogP contribution is 2.28. The van der Waals surface area contributed by atoms with Crippen LogP contribution in [-0.4, -0.2) is 50.6 Å². The Kier molecular flexibility index (Phi) is 6.45. The Morgan fingerprint density at radius 2 is 2.06 bits per heavy atom. The van der Waals surface area contributed by atoms with Gasteiger partial charge in [0.05, 0.1) is 11.2 Å². The number of hydrogen-bond donors (Lipinski definition) is 2. The molecule has 11 heteroatoms. The first kappa shape index (κ1) is 23.0. The summed E-state index contributed by atoms with van der Waals surface area (Å²) in [7, 11) is 0. The number of aromatic nitrogens is 4. The summed E-state index contributed by atoms with van der Waals surface area (Å²) >= 11 is 6.07. The van der Waals surface area contributed by atoms with E-state index in [0.29, 0.717) is 41.7 Å². The number of H-pyrrole nitrogens is 1. The highest BCUT2D eigenvalue weighted by atomic mass is 35.5. The number of halogens is 3. The second kappa shape index (κ2) is 9.83. The molecule has 180 valence electrons. The topological polar surface area (TPSA) is 96.0 Å². The summed E-state index contributed by atoms with van der Waals surface area (Å²) in [6, 6.07) is 7.03. The monoisotopic (exact) mass is 498 g/mol. The van der Waals surface area contributed by atoms with Gasteiger partial charge in [-0.25, -0.2) is 28.5 Å². The normalized spacial score (nSPS) is 15.9. The van der Waals surface area contributed by atoms with Gasteiger partial charge in [0.1, 0.15) is 17.2 Å². The van der Waals surface area contributed by atoms with E-state index in [1.807, 2.05) is 0 Å². The molecule has 4 aromatic rings. The number of amides is 1. The summed E-state index contributed by atoms with van der Waals surface area (Å²) in [6.45, 7) is 1.41. The number of piperidine rings is 1. The van der Waals surface area contributed by atoms with Crippen LogP contribution in [0.4, 0.5) is 19.4 Å². The van der Waals surface area contributed by atoms with Gasteiger partial charge in [0.15, 0.2) is 17.5 Å². The summed E-state index contributed by atoms with van der Waals surface area (Å²) in [4.78, 5) is 29.9. The van der Waals surface area contributed by atoms with Crippen molar-refractivity contribution in [1.82, 2.24) is 24.8 Å². The number of likely N-dealkylation sites (tertiary alicyclic amines) is 1. The smallest absolute Gasteiger partial charge is 0.410 e. The van der Waals surface area contributed by atoms with E-state index in [0.717, 1.165) is 24.4 Å². The third kappa shape index (κ3) is 5.17. The van der Waals surface area contributed by atoms with Gasteiger partial charge in [-0.3, -0.25) is 0 Å². The predicted octanol–water partition coefficient (Wildman–Crippen LogP) is 5.27. The largest absolute Gasteiger partial charge is 0.415 e. The summed E-state index contributed by atoms with van der Waals surface area (Å²) < 4.78 is 32.9. The number of nitrogens with zero attached hydrogens (tertiary/aromatic N) is 4. The zero-order valence-corrected chi connectivity index (χ0v) is 19.2. The average Bonchev–Trinajstić information content (AvgIpc) is 3.28. The third-order valence-electron chi connectivity index (χ3n) is 5.84. The van der Waals surface area contributed by atoms with Crippen LogP contribution in [0.5, 0.6) is 5.75 Å². The van der Waals surface area contributed by atoms with Crippen molar-refractivity contribution in [3.63, 3.8) is 0 Å². The first-order valence-electron chi connectivity index (χ1n) is 11.1. The molecule has 1 atom stereocenters. The molecule has 1 aromatic carbocycles. The molecular formula is C24H21ClF2N6O2. The minimum Gasteiger partial charge on any atom is -0.410 e. The number of anilines is 1. The van der Waals surface area contributed by atoms with E-state index in [1.165, 1.54) is 30.5 Å². The number of nitrogens with one attached hydrogen (secondary N) is 2. The van der Waals surface area contributed by atoms with Crippen molar-refractivity contribution in [3.05, 3.63) is 65.6 Å². The van der Waals surface area contributed by atoms with Gasteiger partial charge in [0, 0.05) is 43.0 Å². The molecule has 5 rings (SSSR count). The molecule has 0 saturated carbocycles. The summed E-state index contributed by atoms with van der Waals surface area (Å²) in [5, 5.41) is 4.27. The highest BCUT2D eigenvalue weighted by Gasteiger charge is 2.25. The molecule has 1 amide bonds. The molecule has 0 bridgehead atoms. The number of carbonyl (C=O) groups is 1. The van der Waals surface area contributed by atoms with Gasteiger partial charge in [-0.2, -0.15) is 0 Å². The standard InChI is InChI=1S/C24H21ClF2N6O2/c25-15-8-18-19(11-30-21(18)29-10-15)22-31-12-20(27)23(32-22)28-9-14-2-1-7-33(13-14)24(34)35-17-5-3-16(26)4-6-17/h3-6,8,10-12,14H,1-2,7,9,13H2,(H,29,30)(H,28,31,32). The van der Waals surface area contributed by atoms with Crippen LogP contribution in [0.15, 0.2) is 48.9 Å². The number of aromatic amines is 1. The summed E-state index contributed by atoms with van der Waals surface area (Å²) in [5.41, 5.74) is 1.28. The van der Waals surface area contributed by atoms with Gasteiger partial charge in [-0.15, -0.1) is 0 Å². The SMILES string of the molecule is O=C(Oc1ccc(F)cc1)N1CCCC(CNc2nc(-c3c[nH]c4ncc(Cl)cc34)ncc2F)C1. The molecule has 1 aliphatic rings. The van der Waals surface area contributed by atoms with Crippen molar-refractivity contribution in [2.24, 2.45) is 5.92 Å². The number of hydrogen-bond acceptors (Lipinski definition) is 6. The van der Waals surface area contributed by atoms with Gasteiger partial charge in [-0.05, 0) is 49.1 Å². The van der Waals surface area contributed by atoms with Crippen LogP contribution in [-0.2, 0) is 0 Å². The van der Waals surface area contributed by atoms with E-state index in [1.54, 1.807) is 17.2 Å². The molecule has 2 N–H and O–H groups in total. The second-order valence-electron chi connectivity index (χ2n) is 8.30. The minimum absolute atomic E-state index is 0.0680. The summed E-state index contributed by atoms with van der Waals surface area (Å²) in [6.07, 6.45) is 5.51. The van der Waals surface area contributed by atoms with Crippen LogP contribution >= 0.6 is 11.6 Å². The number of ether oxygens (including phenoxy) is 1. The lowest BCUT2D eigenvalue weighted by Crippen LogP contribution is -2.43. The molecule has 1 fully saturated rings. The highest BCUT2D eigenvalue weighted by molar-refractivity contribution is 6.31. The third-order valence-corrected chi connectivity index (χ3v) is 6.04. The first-order chi connectivity index (χ1) is 17.0. The number of fused-ring (bicyclic) bond motifs is 1. The Morgan fingerprint density at radius 1 is 1.23 bits per heavy atom. The molecular weight excluding hydrogens is 478 g/mol. The lowest BCUT2D eigenvalue weighted by atomic mass is 9.98. The molecule has 0 spiro atoms. The molecule has 1 unspecified atom stereocenters. The van der Waals surface area contributed by atoms with Crippen molar-refractivity contribution < 1.29 is 18.3 Å². The van der Waals surface area contributed by atoms with Crippen LogP contribution in [0, 0.1) is 17.6 Å². The Morgan fingerprint density at radius 3 is 2.89 bits per heavy atom. The lowest BCUT2D eigenvalue weighted by molar-refractivity contribution is 0.128. The molecule has 4 heterocycles. The van der Waals surface area contributed by atoms with Crippen molar-refractivity contribution in [3.8, 4) is 17.1 Å². The molecule has 1 saturated heterocycles. The van der Waals surface area contributed by atoms with Gasteiger partial charge in [0.2, 0.25) is 0 Å². The van der Waals surface area contributed by atoms with Crippen LogP contribution in [0.3, 0.4) is 0 Å². The molecule has 35 heavy (non-hydrogen) atoms. The van der Waals surface area contributed by atoms with Crippen LogP contribution in [0.1, 0.15) is 12.8 Å². The fraction of sp³-hybridized carbons (Fsp3) is 0.250. The zero-order valence-electron chi connectivity index (χ0n) is 18.5. The van der Waals surface area contributed by atoms with Gasteiger partial charge < -0.3 is 19.9 Å². The van der Waals surface area contributed by atoms with E-state index >= 15 is 0 Å². The maximum absolute atomic E-state index is 14.5. The Labute approximate surface area is 204 Å². The lowest BCUT2D eigenvalue weighted by Gasteiger charge is -2.32. The minimum atomic E-state index is -0.576. The molecule has 8 nitrogen and oxygen atoms in total. The van der Waals surface area contributed by atoms with E-state index in [9.17, 15) is 13.6 Å². The fourth-order valence-electron chi connectivity index (χ4n) is 4.09. The maximum Gasteiger partial charge on any atom is 0.415 e.